The number of halogens is 3. The molecule has 0 saturated carbocycles. The lowest BCUT2D eigenvalue weighted by atomic mass is 10.2. The van der Waals surface area contributed by atoms with Gasteiger partial charge in [-0.15, -0.1) is 0 Å². The van der Waals surface area contributed by atoms with Gasteiger partial charge in [-0.1, -0.05) is 34.8 Å². The van der Waals surface area contributed by atoms with E-state index < -0.39 is 5.97 Å². The quantitative estimate of drug-likeness (QED) is 0.812. The Morgan fingerprint density at radius 3 is 2.17 bits per heavy atom. The monoisotopic (exact) mass is 309 g/mol. The molecule has 0 aliphatic heterocycles. The van der Waals surface area contributed by atoms with Crippen LogP contribution in [0.2, 0.25) is 15.1 Å². The van der Waals surface area contributed by atoms with Crippen molar-refractivity contribution < 1.29 is 14.7 Å². The third-order valence-corrected chi connectivity index (χ3v) is 3.26. The van der Waals surface area contributed by atoms with E-state index in [1.807, 2.05) is 0 Å². The average molecular weight is 311 g/mol. The van der Waals surface area contributed by atoms with Crippen LogP contribution in [0.4, 0.5) is 5.69 Å². The minimum Gasteiger partial charge on any atom is -0.481 e. The Morgan fingerprint density at radius 2 is 1.67 bits per heavy atom. The third-order valence-electron chi connectivity index (χ3n) is 2.06. The van der Waals surface area contributed by atoms with E-state index in [9.17, 15) is 9.59 Å². The maximum absolute atomic E-state index is 11.5. The summed E-state index contributed by atoms with van der Waals surface area (Å²) in [5.74, 6) is -1.23. The summed E-state index contributed by atoms with van der Waals surface area (Å²) in [5, 5.41) is 11.7. The molecular formula is C11H10Cl3NO3. The highest BCUT2D eigenvalue weighted by atomic mass is 35.5. The summed E-state index contributed by atoms with van der Waals surface area (Å²) in [6, 6.07) is 2.95. The molecule has 0 heterocycles. The van der Waals surface area contributed by atoms with E-state index in [0.29, 0.717) is 5.69 Å². The Morgan fingerprint density at radius 1 is 1.11 bits per heavy atom. The number of rotatable bonds is 5. The lowest BCUT2D eigenvalue weighted by molar-refractivity contribution is -0.137. The number of hydrogen-bond acceptors (Lipinski definition) is 2. The first-order chi connectivity index (χ1) is 8.40. The summed E-state index contributed by atoms with van der Waals surface area (Å²) in [7, 11) is 0. The lowest BCUT2D eigenvalue weighted by Crippen LogP contribution is -2.11. The predicted molar refractivity (Wildman–Crippen MR) is 71.6 cm³/mol. The van der Waals surface area contributed by atoms with Crippen molar-refractivity contribution in [1.29, 1.82) is 0 Å². The summed E-state index contributed by atoms with van der Waals surface area (Å²) < 4.78 is 0. The second-order valence-electron chi connectivity index (χ2n) is 3.55. The van der Waals surface area contributed by atoms with Crippen molar-refractivity contribution in [3.05, 3.63) is 27.2 Å². The number of aliphatic carboxylic acids is 1. The van der Waals surface area contributed by atoms with Crippen LogP contribution in [0.5, 0.6) is 0 Å². The van der Waals surface area contributed by atoms with E-state index >= 15 is 0 Å². The first-order valence-electron chi connectivity index (χ1n) is 5.06. The average Bonchev–Trinajstić information content (AvgIpc) is 2.25. The van der Waals surface area contributed by atoms with Gasteiger partial charge in [0.2, 0.25) is 5.91 Å². The Hall–Kier alpha value is -0.970. The van der Waals surface area contributed by atoms with E-state index in [4.69, 9.17) is 39.9 Å². The van der Waals surface area contributed by atoms with Gasteiger partial charge in [-0.2, -0.15) is 0 Å². The topological polar surface area (TPSA) is 66.4 Å². The second kappa shape index (κ2) is 6.83. The highest BCUT2D eigenvalue weighted by Crippen LogP contribution is 2.33. The minimum atomic E-state index is -0.930. The number of carboxylic acids is 1. The molecule has 0 aliphatic carbocycles. The van der Waals surface area contributed by atoms with Crippen LogP contribution in [0.3, 0.4) is 0 Å². The standard InChI is InChI=1S/C11H10Cl3NO3/c12-7-4-6(5-8(13)11(7)14)15-9(16)2-1-3-10(17)18/h4-5H,1-3H2,(H,15,16)(H,17,18). The molecule has 7 heteroatoms. The van der Waals surface area contributed by atoms with Crippen molar-refractivity contribution in [1.82, 2.24) is 0 Å². The Kier molecular flexibility index (Phi) is 5.72. The number of carbonyl (C=O) groups excluding carboxylic acids is 1. The predicted octanol–water partition coefficient (Wildman–Crippen LogP) is 3.84. The van der Waals surface area contributed by atoms with Gasteiger partial charge < -0.3 is 10.4 Å². The van der Waals surface area contributed by atoms with E-state index in [-0.39, 0.29) is 40.2 Å². The second-order valence-corrected chi connectivity index (χ2v) is 4.74. The van der Waals surface area contributed by atoms with Gasteiger partial charge in [0.1, 0.15) is 0 Å². The number of carbonyl (C=O) groups is 2. The largest absolute Gasteiger partial charge is 0.481 e. The van der Waals surface area contributed by atoms with Crippen LogP contribution >= 0.6 is 34.8 Å². The summed E-state index contributed by atoms with van der Waals surface area (Å²) in [6.07, 6.45) is 0.343. The van der Waals surface area contributed by atoms with E-state index in [1.165, 1.54) is 12.1 Å². The summed E-state index contributed by atoms with van der Waals surface area (Å²) >= 11 is 17.4. The molecular weight excluding hydrogens is 300 g/mol. The zero-order valence-corrected chi connectivity index (χ0v) is 11.4. The zero-order valence-electron chi connectivity index (χ0n) is 9.17. The van der Waals surface area contributed by atoms with Crippen molar-refractivity contribution in [2.24, 2.45) is 0 Å². The molecule has 0 saturated heterocycles. The molecule has 0 aromatic heterocycles. The van der Waals surface area contributed by atoms with Gasteiger partial charge in [-0.3, -0.25) is 9.59 Å². The molecule has 1 aromatic carbocycles. The highest BCUT2D eigenvalue weighted by molar-refractivity contribution is 6.48. The lowest BCUT2D eigenvalue weighted by Gasteiger charge is -2.07. The first kappa shape index (κ1) is 15.1. The molecule has 0 atom stereocenters. The molecule has 0 unspecified atom stereocenters. The molecule has 4 nitrogen and oxygen atoms in total. The Bertz CT molecular complexity index is 454. The highest BCUT2D eigenvalue weighted by Gasteiger charge is 2.09. The van der Waals surface area contributed by atoms with Crippen LogP contribution in [0.25, 0.3) is 0 Å². The molecule has 2 N–H and O–H groups in total. The number of nitrogens with one attached hydrogen (secondary N) is 1. The van der Waals surface area contributed by atoms with E-state index in [0.717, 1.165) is 0 Å². The van der Waals surface area contributed by atoms with Crippen molar-refractivity contribution in [2.75, 3.05) is 5.32 Å². The molecule has 1 rings (SSSR count). The van der Waals surface area contributed by atoms with Gasteiger partial charge in [0, 0.05) is 18.5 Å². The maximum Gasteiger partial charge on any atom is 0.303 e. The van der Waals surface area contributed by atoms with Gasteiger partial charge in [0.05, 0.1) is 15.1 Å². The number of amides is 1. The molecule has 0 radical (unpaired) electrons. The van der Waals surface area contributed by atoms with Gasteiger partial charge in [-0.25, -0.2) is 0 Å². The molecule has 0 bridgehead atoms. The number of carboxylic acid groups (broad SMARTS) is 1. The molecule has 18 heavy (non-hydrogen) atoms. The van der Waals surface area contributed by atoms with Gasteiger partial charge in [0.15, 0.2) is 0 Å². The molecule has 1 aromatic rings. The summed E-state index contributed by atoms with van der Waals surface area (Å²) in [5.41, 5.74) is 0.426. The van der Waals surface area contributed by atoms with Crippen molar-refractivity contribution in [3.8, 4) is 0 Å². The molecule has 0 aliphatic rings. The maximum atomic E-state index is 11.5. The zero-order chi connectivity index (χ0) is 13.7. The van der Waals surface area contributed by atoms with Crippen LogP contribution in [-0.2, 0) is 9.59 Å². The fraction of sp³-hybridized carbons (Fsp3) is 0.273. The molecule has 98 valence electrons. The van der Waals surface area contributed by atoms with Crippen molar-refractivity contribution >= 4 is 52.4 Å². The van der Waals surface area contributed by atoms with Gasteiger partial charge in [0.25, 0.3) is 0 Å². The number of benzene rings is 1. The Labute approximate surface area is 119 Å². The van der Waals surface area contributed by atoms with E-state index in [1.54, 1.807) is 0 Å². The molecule has 1 amide bonds. The summed E-state index contributed by atoms with van der Waals surface area (Å²) in [6.45, 7) is 0. The molecule has 0 spiro atoms. The van der Waals surface area contributed by atoms with Gasteiger partial charge in [-0.05, 0) is 18.6 Å². The number of anilines is 1. The smallest absolute Gasteiger partial charge is 0.303 e. The fourth-order valence-electron chi connectivity index (χ4n) is 1.25. The Balaban J connectivity index is 2.57. The van der Waals surface area contributed by atoms with E-state index in [2.05, 4.69) is 5.32 Å². The first-order valence-corrected chi connectivity index (χ1v) is 6.19. The van der Waals surface area contributed by atoms with Crippen LogP contribution in [0.1, 0.15) is 19.3 Å². The normalized spacial score (nSPS) is 10.2. The van der Waals surface area contributed by atoms with Gasteiger partial charge >= 0.3 is 5.97 Å². The number of hydrogen-bond donors (Lipinski definition) is 2. The summed E-state index contributed by atoms with van der Waals surface area (Å²) in [4.78, 5) is 21.8. The SMILES string of the molecule is O=C(O)CCCC(=O)Nc1cc(Cl)c(Cl)c(Cl)c1. The van der Waals surface area contributed by atoms with Crippen LogP contribution in [0, 0.1) is 0 Å². The van der Waals surface area contributed by atoms with Crippen molar-refractivity contribution in [3.63, 3.8) is 0 Å². The van der Waals surface area contributed by atoms with Crippen LogP contribution in [0.15, 0.2) is 12.1 Å². The van der Waals surface area contributed by atoms with Crippen LogP contribution in [-0.4, -0.2) is 17.0 Å². The van der Waals surface area contributed by atoms with Crippen molar-refractivity contribution in [2.45, 2.75) is 19.3 Å². The minimum absolute atomic E-state index is 0.0461. The third kappa shape index (κ3) is 4.72. The van der Waals surface area contributed by atoms with Crippen LogP contribution < -0.4 is 5.32 Å². The fourth-order valence-corrected chi connectivity index (χ4v) is 1.85. The molecule has 0 fully saturated rings.